The molecule has 152 valence electrons. The second-order valence-corrected chi connectivity index (χ2v) is 7.93. The van der Waals surface area contributed by atoms with E-state index in [0.717, 1.165) is 37.3 Å². The number of halogens is 1. The third-order valence-corrected chi connectivity index (χ3v) is 5.80. The number of nitrogens with zero attached hydrogens (tertiary/aromatic N) is 2. The number of ether oxygens (including phenoxy) is 1. The molecule has 0 radical (unpaired) electrons. The highest BCUT2D eigenvalue weighted by Gasteiger charge is 2.18. The van der Waals surface area contributed by atoms with Crippen LogP contribution in [-0.4, -0.2) is 28.5 Å². The Labute approximate surface area is 176 Å². The number of imidazole rings is 1. The monoisotopic (exact) mass is 411 g/mol. The van der Waals surface area contributed by atoms with Gasteiger partial charge in [-0.3, -0.25) is 9.20 Å². The first-order chi connectivity index (χ1) is 14.2. The minimum absolute atomic E-state index is 0.123. The molecule has 3 heterocycles. The summed E-state index contributed by atoms with van der Waals surface area (Å²) in [7, 11) is 0. The predicted octanol–water partition coefficient (Wildman–Crippen LogP) is 4.76. The van der Waals surface area contributed by atoms with Gasteiger partial charge in [-0.15, -0.1) is 0 Å². The van der Waals surface area contributed by atoms with Gasteiger partial charge in [0.1, 0.15) is 11.3 Å². The highest BCUT2D eigenvalue weighted by molar-refractivity contribution is 6.30. The van der Waals surface area contributed by atoms with Crippen LogP contribution in [0.1, 0.15) is 59.4 Å². The molecule has 5 nitrogen and oxygen atoms in total. The lowest BCUT2D eigenvalue weighted by Gasteiger charge is -2.14. The van der Waals surface area contributed by atoms with Crippen molar-refractivity contribution < 1.29 is 9.53 Å². The van der Waals surface area contributed by atoms with Gasteiger partial charge in [0.05, 0.1) is 5.69 Å². The Morgan fingerprint density at radius 3 is 2.86 bits per heavy atom. The van der Waals surface area contributed by atoms with E-state index in [-0.39, 0.29) is 5.91 Å². The third kappa shape index (κ3) is 4.46. The summed E-state index contributed by atoms with van der Waals surface area (Å²) in [4.78, 5) is 17.4. The first-order valence-electron chi connectivity index (χ1n) is 10.3. The fourth-order valence-corrected chi connectivity index (χ4v) is 4.12. The van der Waals surface area contributed by atoms with Crippen molar-refractivity contribution >= 4 is 23.2 Å². The molecule has 1 unspecified atom stereocenters. The molecular weight excluding hydrogens is 386 g/mol. The van der Waals surface area contributed by atoms with Crippen molar-refractivity contribution in [3.05, 3.63) is 70.1 Å². The molecule has 3 aromatic rings. The van der Waals surface area contributed by atoms with Gasteiger partial charge in [0.2, 0.25) is 0 Å². The Morgan fingerprint density at radius 1 is 1.24 bits per heavy atom. The standard InChI is InChI=1S/C23H26ClN3O2/c1-2-20-22(27-11-9-19(24)14-21(27)26-20)23(28)25-15-16-5-7-18(8-6-16)17-4-3-12-29-13-10-17/h5-9,11,14,17H,2-4,10,12-13,15H2,1H3,(H,25,28). The lowest BCUT2D eigenvalue weighted by molar-refractivity contribution is 0.0944. The number of pyridine rings is 1. The maximum atomic E-state index is 12.9. The molecule has 1 N–H and O–H groups in total. The normalized spacial score (nSPS) is 17.2. The average Bonchev–Trinajstić information content (AvgIpc) is 2.89. The summed E-state index contributed by atoms with van der Waals surface area (Å²) in [5, 5.41) is 3.65. The van der Waals surface area contributed by atoms with E-state index in [1.165, 1.54) is 12.0 Å². The van der Waals surface area contributed by atoms with Crippen LogP contribution in [0.2, 0.25) is 5.02 Å². The third-order valence-electron chi connectivity index (χ3n) is 5.57. The zero-order valence-electron chi connectivity index (χ0n) is 16.7. The molecule has 6 heteroatoms. The van der Waals surface area contributed by atoms with Crippen LogP contribution in [0.3, 0.4) is 0 Å². The predicted molar refractivity (Wildman–Crippen MR) is 115 cm³/mol. The largest absolute Gasteiger partial charge is 0.381 e. The van der Waals surface area contributed by atoms with Crippen LogP contribution in [0.15, 0.2) is 42.6 Å². The molecule has 0 bridgehead atoms. The molecule has 1 aliphatic rings. The maximum absolute atomic E-state index is 12.9. The SMILES string of the molecule is CCc1nc2cc(Cl)ccn2c1C(=O)NCc1ccc(C2CCCOCC2)cc1. The van der Waals surface area contributed by atoms with Crippen LogP contribution < -0.4 is 5.32 Å². The summed E-state index contributed by atoms with van der Waals surface area (Å²) in [6.45, 7) is 4.19. The number of hydrogen-bond donors (Lipinski definition) is 1. The second-order valence-electron chi connectivity index (χ2n) is 7.50. The summed E-state index contributed by atoms with van der Waals surface area (Å²) >= 11 is 6.06. The topological polar surface area (TPSA) is 55.6 Å². The van der Waals surface area contributed by atoms with Gasteiger partial charge in [-0.05, 0) is 48.8 Å². The number of amides is 1. The van der Waals surface area contributed by atoms with Crippen molar-refractivity contribution in [2.45, 2.75) is 45.1 Å². The summed E-state index contributed by atoms with van der Waals surface area (Å²) in [6, 6.07) is 12.1. The highest BCUT2D eigenvalue weighted by Crippen LogP contribution is 2.27. The zero-order valence-corrected chi connectivity index (χ0v) is 17.4. The number of carbonyl (C=O) groups excluding carboxylic acids is 1. The minimum atomic E-state index is -0.123. The molecule has 1 aliphatic heterocycles. The molecule has 0 spiro atoms. The number of hydrogen-bond acceptors (Lipinski definition) is 3. The number of aryl methyl sites for hydroxylation is 1. The molecule has 1 fully saturated rings. The van der Waals surface area contributed by atoms with Crippen LogP contribution in [0.25, 0.3) is 5.65 Å². The molecule has 1 amide bonds. The van der Waals surface area contributed by atoms with E-state index in [1.807, 2.05) is 6.92 Å². The molecule has 29 heavy (non-hydrogen) atoms. The van der Waals surface area contributed by atoms with Gasteiger partial charge >= 0.3 is 0 Å². The summed E-state index contributed by atoms with van der Waals surface area (Å²) < 4.78 is 7.37. The van der Waals surface area contributed by atoms with Crippen molar-refractivity contribution in [2.75, 3.05) is 13.2 Å². The van der Waals surface area contributed by atoms with Crippen LogP contribution in [0.4, 0.5) is 0 Å². The zero-order chi connectivity index (χ0) is 20.2. The Balaban J connectivity index is 1.45. The van der Waals surface area contributed by atoms with Gasteiger partial charge in [-0.25, -0.2) is 4.98 Å². The van der Waals surface area contributed by atoms with Crippen LogP contribution in [-0.2, 0) is 17.7 Å². The minimum Gasteiger partial charge on any atom is -0.381 e. The van der Waals surface area contributed by atoms with Crippen molar-refractivity contribution in [2.24, 2.45) is 0 Å². The van der Waals surface area contributed by atoms with Crippen LogP contribution >= 0.6 is 11.6 Å². The molecule has 4 rings (SSSR count). The first kappa shape index (κ1) is 19.9. The van der Waals surface area contributed by atoms with E-state index in [2.05, 4.69) is 34.6 Å². The van der Waals surface area contributed by atoms with E-state index < -0.39 is 0 Å². The molecule has 1 atom stereocenters. The lowest BCUT2D eigenvalue weighted by Crippen LogP contribution is -2.25. The van der Waals surface area contributed by atoms with E-state index in [4.69, 9.17) is 16.3 Å². The highest BCUT2D eigenvalue weighted by atomic mass is 35.5. The maximum Gasteiger partial charge on any atom is 0.270 e. The smallest absolute Gasteiger partial charge is 0.270 e. The van der Waals surface area contributed by atoms with Crippen LogP contribution in [0.5, 0.6) is 0 Å². The molecular formula is C23H26ClN3O2. The van der Waals surface area contributed by atoms with Gasteiger partial charge in [0.25, 0.3) is 5.91 Å². The average molecular weight is 412 g/mol. The van der Waals surface area contributed by atoms with Crippen LogP contribution in [0, 0.1) is 0 Å². The Hall–Kier alpha value is -2.37. The van der Waals surface area contributed by atoms with E-state index >= 15 is 0 Å². The van der Waals surface area contributed by atoms with Crippen molar-refractivity contribution in [3.63, 3.8) is 0 Å². The molecule has 2 aromatic heterocycles. The van der Waals surface area contributed by atoms with E-state index in [0.29, 0.717) is 35.2 Å². The van der Waals surface area contributed by atoms with E-state index in [9.17, 15) is 4.79 Å². The fourth-order valence-electron chi connectivity index (χ4n) is 3.97. The number of fused-ring (bicyclic) bond motifs is 1. The summed E-state index contributed by atoms with van der Waals surface area (Å²) in [5.74, 6) is 0.444. The Bertz CT molecular complexity index is 989. The summed E-state index contributed by atoms with van der Waals surface area (Å²) in [5.41, 5.74) is 4.49. The number of carbonyl (C=O) groups is 1. The van der Waals surface area contributed by atoms with Gasteiger partial charge < -0.3 is 10.1 Å². The Morgan fingerprint density at radius 2 is 2.07 bits per heavy atom. The van der Waals surface area contributed by atoms with Crippen molar-refractivity contribution in [3.8, 4) is 0 Å². The van der Waals surface area contributed by atoms with Gasteiger partial charge in [0.15, 0.2) is 0 Å². The first-order valence-corrected chi connectivity index (χ1v) is 10.6. The Kier molecular flexibility index (Phi) is 6.16. The number of benzene rings is 1. The number of rotatable bonds is 5. The number of aromatic nitrogens is 2. The molecule has 1 aromatic carbocycles. The van der Waals surface area contributed by atoms with Crippen molar-refractivity contribution in [1.29, 1.82) is 0 Å². The fraction of sp³-hybridized carbons (Fsp3) is 0.391. The van der Waals surface area contributed by atoms with Gasteiger partial charge in [0, 0.05) is 37.0 Å². The molecule has 0 saturated carbocycles. The lowest BCUT2D eigenvalue weighted by atomic mass is 9.91. The number of nitrogens with one attached hydrogen (secondary N) is 1. The van der Waals surface area contributed by atoms with Gasteiger partial charge in [-0.1, -0.05) is 42.8 Å². The quantitative estimate of drug-likeness (QED) is 0.658. The van der Waals surface area contributed by atoms with E-state index in [1.54, 1.807) is 22.7 Å². The molecule has 0 aliphatic carbocycles. The molecule has 1 saturated heterocycles. The van der Waals surface area contributed by atoms with Gasteiger partial charge in [-0.2, -0.15) is 0 Å². The van der Waals surface area contributed by atoms with Crippen molar-refractivity contribution in [1.82, 2.24) is 14.7 Å². The summed E-state index contributed by atoms with van der Waals surface area (Å²) in [6.07, 6.45) is 5.85. The second kappa shape index (κ2) is 8.97.